The predicted molar refractivity (Wildman–Crippen MR) is 94.2 cm³/mol. The summed E-state index contributed by atoms with van der Waals surface area (Å²) in [5.41, 5.74) is 1.09. The zero-order chi connectivity index (χ0) is 17.8. The van der Waals surface area contributed by atoms with E-state index in [0.717, 1.165) is 51.1 Å². The average molecular weight is 356 g/mol. The van der Waals surface area contributed by atoms with Gasteiger partial charge in [0, 0.05) is 55.9 Å². The van der Waals surface area contributed by atoms with Crippen LogP contribution >= 0.6 is 0 Å². The number of hydrogen-bond donors (Lipinski definition) is 0. The number of hydrogen-bond acceptors (Lipinski definition) is 6. The van der Waals surface area contributed by atoms with Crippen LogP contribution < -0.4 is 0 Å². The van der Waals surface area contributed by atoms with E-state index in [4.69, 9.17) is 9.26 Å². The fourth-order valence-corrected chi connectivity index (χ4v) is 3.92. The first-order valence-corrected chi connectivity index (χ1v) is 9.33. The van der Waals surface area contributed by atoms with Crippen LogP contribution in [0.1, 0.15) is 38.0 Å². The van der Waals surface area contributed by atoms with Gasteiger partial charge in [-0.2, -0.15) is 4.98 Å². The van der Waals surface area contributed by atoms with Gasteiger partial charge in [-0.05, 0) is 37.8 Å². The lowest BCUT2D eigenvalue weighted by Gasteiger charge is -2.39. The highest BCUT2D eigenvalue weighted by Gasteiger charge is 2.39. The van der Waals surface area contributed by atoms with Crippen molar-refractivity contribution < 1.29 is 14.1 Å². The summed E-state index contributed by atoms with van der Waals surface area (Å²) < 4.78 is 10.9. The van der Waals surface area contributed by atoms with E-state index in [2.05, 4.69) is 15.1 Å². The van der Waals surface area contributed by atoms with Crippen LogP contribution in [-0.4, -0.2) is 52.2 Å². The molecule has 2 aliphatic rings. The van der Waals surface area contributed by atoms with Gasteiger partial charge in [-0.25, -0.2) is 0 Å². The van der Waals surface area contributed by atoms with E-state index in [-0.39, 0.29) is 11.3 Å². The molecule has 0 bridgehead atoms. The van der Waals surface area contributed by atoms with Crippen molar-refractivity contribution in [2.75, 3.05) is 26.3 Å². The van der Waals surface area contributed by atoms with E-state index in [9.17, 15) is 4.79 Å². The molecule has 4 heterocycles. The van der Waals surface area contributed by atoms with Gasteiger partial charge < -0.3 is 14.2 Å². The number of carbonyl (C=O) groups is 1. The van der Waals surface area contributed by atoms with Crippen molar-refractivity contribution >= 4 is 5.91 Å². The summed E-state index contributed by atoms with van der Waals surface area (Å²) in [4.78, 5) is 23.0. The Hall–Kier alpha value is -2.28. The molecule has 1 spiro atoms. The van der Waals surface area contributed by atoms with Crippen molar-refractivity contribution in [1.82, 2.24) is 20.0 Å². The monoisotopic (exact) mass is 356 g/mol. The molecule has 26 heavy (non-hydrogen) atoms. The van der Waals surface area contributed by atoms with Crippen molar-refractivity contribution in [1.29, 1.82) is 0 Å². The number of piperidine rings is 1. The maximum absolute atomic E-state index is 12.6. The Labute approximate surface area is 152 Å². The molecule has 2 aromatic rings. The molecule has 4 rings (SSSR count). The van der Waals surface area contributed by atoms with Crippen molar-refractivity contribution in [2.24, 2.45) is 5.41 Å². The zero-order valence-electron chi connectivity index (χ0n) is 14.9. The SMILES string of the molecule is O=C(CCCc1nc(-c2ccncc2)no1)N1CCCC2(CCOC2)C1. The molecule has 7 heteroatoms. The van der Waals surface area contributed by atoms with E-state index >= 15 is 0 Å². The van der Waals surface area contributed by atoms with E-state index < -0.39 is 0 Å². The number of carbonyl (C=O) groups excluding carboxylic acids is 1. The number of aryl methyl sites for hydroxylation is 1. The zero-order valence-corrected chi connectivity index (χ0v) is 14.9. The third-order valence-electron chi connectivity index (χ3n) is 5.39. The van der Waals surface area contributed by atoms with Gasteiger partial charge in [0.25, 0.3) is 0 Å². The number of ether oxygens (including phenoxy) is 1. The van der Waals surface area contributed by atoms with Crippen LogP contribution in [0.5, 0.6) is 0 Å². The second-order valence-corrected chi connectivity index (χ2v) is 7.32. The van der Waals surface area contributed by atoms with Gasteiger partial charge in [-0.1, -0.05) is 5.16 Å². The van der Waals surface area contributed by atoms with Crippen LogP contribution in [-0.2, 0) is 16.0 Å². The maximum atomic E-state index is 12.6. The lowest BCUT2D eigenvalue weighted by Crippen LogP contribution is -2.46. The normalized spacial score (nSPS) is 22.8. The van der Waals surface area contributed by atoms with E-state index in [0.29, 0.717) is 24.6 Å². The molecule has 2 fully saturated rings. The highest BCUT2D eigenvalue weighted by atomic mass is 16.5. The largest absolute Gasteiger partial charge is 0.381 e. The van der Waals surface area contributed by atoms with Gasteiger partial charge in [0.15, 0.2) is 0 Å². The second kappa shape index (κ2) is 7.53. The first kappa shape index (κ1) is 17.1. The minimum atomic E-state index is 0.208. The molecule has 1 atom stereocenters. The Morgan fingerprint density at radius 1 is 1.27 bits per heavy atom. The topological polar surface area (TPSA) is 81.3 Å². The highest BCUT2D eigenvalue weighted by molar-refractivity contribution is 5.76. The molecule has 0 aliphatic carbocycles. The number of likely N-dealkylation sites (tertiary alicyclic amines) is 1. The average Bonchev–Trinajstić information content (AvgIpc) is 3.32. The standard InChI is InChI=1S/C19H24N4O3/c24-17(23-11-2-7-19(13-23)8-12-25-14-19)4-1-3-16-21-18(22-26-16)15-5-9-20-10-6-15/h5-6,9-10H,1-4,7-8,11-14H2. The quantitative estimate of drug-likeness (QED) is 0.819. The number of amides is 1. The van der Waals surface area contributed by atoms with E-state index in [1.165, 1.54) is 6.42 Å². The summed E-state index contributed by atoms with van der Waals surface area (Å²) in [5, 5.41) is 4.00. The Morgan fingerprint density at radius 2 is 2.15 bits per heavy atom. The summed E-state index contributed by atoms with van der Waals surface area (Å²) in [6.45, 7) is 3.35. The van der Waals surface area contributed by atoms with Gasteiger partial charge >= 0.3 is 0 Å². The molecule has 0 N–H and O–H groups in total. The molecule has 1 unspecified atom stereocenters. The Morgan fingerprint density at radius 3 is 2.96 bits per heavy atom. The summed E-state index contributed by atoms with van der Waals surface area (Å²) in [6, 6.07) is 3.69. The molecule has 0 radical (unpaired) electrons. The van der Waals surface area contributed by atoms with Crippen molar-refractivity contribution in [3.8, 4) is 11.4 Å². The molecule has 7 nitrogen and oxygen atoms in total. The van der Waals surface area contributed by atoms with Gasteiger partial charge in [-0.3, -0.25) is 9.78 Å². The van der Waals surface area contributed by atoms with Crippen LogP contribution in [0.3, 0.4) is 0 Å². The molecule has 2 saturated heterocycles. The molecule has 2 aromatic heterocycles. The molecular formula is C19H24N4O3. The van der Waals surface area contributed by atoms with Gasteiger partial charge in [0.05, 0.1) is 6.61 Å². The lowest BCUT2D eigenvalue weighted by atomic mass is 9.79. The van der Waals surface area contributed by atoms with Crippen molar-refractivity contribution in [3.63, 3.8) is 0 Å². The van der Waals surface area contributed by atoms with E-state index in [1.54, 1.807) is 12.4 Å². The number of aromatic nitrogens is 3. The Bertz CT molecular complexity index is 740. The molecule has 2 aliphatic heterocycles. The first-order chi connectivity index (χ1) is 12.7. The van der Waals surface area contributed by atoms with Crippen LogP contribution in [0.15, 0.2) is 29.0 Å². The van der Waals surface area contributed by atoms with Crippen LogP contribution in [0.4, 0.5) is 0 Å². The molecule has 0 aromatic carbocycles. The third-order valence-corrected chi connectivity index (χ3v) is 5.39. The van der Waals surface area contributed by atoms with Crippen LogP contribution in [0, 0.1) is 5.41 Å². The summed E-state index contributed by atoms with van der Waals surface area (Å²) in [7, 11) is 0. The Balaban J connectivity index is 1.27. The number of rotatable bonds is 5. The van der Waals surface area contributed by atoms with Gasteiger partial charge in [0.2, 0.25) is 17.6 Å². The molecular weight excluding hydrogens is 332 g/mol. The fourth-order valence-electron chi connectivity index (χ4n) is 3.92. The summed E-state index contributed by atoms with van der Waals surface area (Å²) in [5.74, 6) is 1.36. The van der Waals surface area contributed by atoms with E-state index in [1.807, 2.05) is 17.0 Å². The molecule has 0 saturated carbocycles. The second-order valence-electron chi connectivity index (χ2n) is 7.32. The van der Waals surface area contributed by atoms with Crippen molar-refractivity contribution in [3.05, 3.63) is 30.4 Å². The first-order valence-electron chi connectivity index (χ1n) is 9.33. The van der Waals surface area contributed by atoms with Gasteiger partial charge in [0.1, 0.15) is 0 Å². The van der Waals surface area contributed by atoms with Crippen molar-refractivity contribution in [2.45, 2.75) is 38.5 Å². The van der Waals surface area contributed by atoms with Crippen LogP contribution in [0.25, 0.3) is 11.4 Å². The number of pyridine rings is 1. The van der Waals surface area contributed by atoms with Crippen LogP contribution in [0.2, 0.25) is 0 Å². The summed E-state index contributed by atoms with van der Waals surface area (Å²) in [6.07, 6.45) is 8.59. The summed E-state index contributed by atoms with van der Waals surface area (Å²) >= 11 is 0. The third kappa shape index (κ3) is 3.77. The molecule has 138 valence electrons. The molecule has 1 amide bonds. The minimum absolute atomic E-state index is 0.208. The minimum Gasteiger partial charge on any atom is -0.381 e. The van der Waals surface area contributed by atoms with Gasteiger partial charge in [-0.15, -0.1) is 0 Å². The number of nitrogens with zero attached hydrogens (tertiary/aromatic N) is 4. The maximum Gasteiger partial charge on any atom is 0.226 e. The predicted octanol–water partition coefficient (Wildman–Crippen LogP) is 2.48. The highest BCUT2D eigenvalue weighted by Crippen LogP contribution is 2.37. The lowest BCUT2D eigenvalue weighted by molar-refractivity contribution is -0.134. The fraction of sp³-hybridized carbons (Fsp3) is 0.579. The Kier molecular flexibility index (Phi) is 4.97. The smallest absolute Gasteiger partial charge is 0.226 e.